The van der Waals surface area contributed by atoms with Gasteiger partial charge in [0.1, 0.15) is 11.5 Å². The molecule has 4 rings (SSSR count). The van der Waals surface area contributed by atoms with Crippen LogP contribution in [0.15, 0.2) is 41.2 Å². The third-order valence-electron chi connectivity index (χ3n) is 5.42. The molecule has 2 aliphatic heterocycles. The summed E-state index contributed by atoms with van der Waals surface area (Å²) in [5.41, 5.74) is 2.00. The standard InChI is InChI=1S/C20H23N3O3S/c1-25-15-6-7-18(26-2)16(9-15)21-20(27)22-10-13-8-14(12-22)17-4-3-5-19(24)23(17)11-13/h3-7,9,13-14H,8,10-12H2,1-2H3,(H,21,27)/t13-,14-/m1/s1. The molecule has 0 aliphatic carbocycles. The number of hydrogen-bond acceptors (Lipinski definition) is 4. The highest BCUT2D eigenvalue weighted by molar-refractivity contribution is 7.80. The van der Waals surface area contributed by atoms with Crippen molar-refractivity contribution in [1.29, 1.82) is 0 Å². The van der Waals surface area contributed by atoms with Crippen LogP contribution in [0.1, 0.15) is 18.0 Å². The Morgan fingerprint density at radius 3 is 2.78 bits per heavy atom. The fourth-order valence-electron chi connectivity index (χ4n) is 4.17. The highest BCUT2D eigenvalue weighted by Crippen LogP contribution is 2.36. The molecule has 2 atom stereocenters. The van der Waals surface area contributed by atoms with E-state index in [9.17, 15) is 4.79 Å². The maximum atomic E-state index is 12.2. The van der Waals surface area contributed by atoms with Gasteiger partial charge in [0.25, 0.3) is 5.56 Å². The summed E-state index contributed by atoms with van der Waals surface area (Å²) < 4.78 is 12.7. The Morgan fingerprint density at radius 1 is 1.15 bits per heavy atom. The van der Waals surface area contributed by atoms with E-state index in [4.69, 9.17) is 21.7 Å². The second-order valence-electron chi connectivity index (χ2n) is 7.10. The van der Waals surface area contributed by atoms with Crippen molar-refractivity contribution < 1.29 is 9.47 Å². The van der Waals surface area contributed by atoms with Crippen molar-refractivity contribution in [2.45, 2.75) is 18.9 Å². The Labute approximate surface area is 163 Å². The van der Waals surface area contributed by atoms with Gasteiger partial charge in [-0.2, -0.15) is 0 Å². The zero-order valence-corrected chi connectivity index (χ0v) is 16.3. The summed E-state index contributed by atoms with van der Waals surface area (Å²) in [5, 5.41) is 3.98. The average molecular weight is 385 g/mol. The first-order valence-electron chi connectivity index (χ1n) is 9.06. The predicted molar refractivity (Wildman–Crippen MR) is 109 cm³/mol. The average Bonchev–Trinajstić information content (AvgIpc) is 2.68. The van der Waals surface area contributed by atoms with Gasteiger partial charge >= 0.3 is 0 Å². The van der Waals surface area contributed by atoms with Crippen LogP contribution in [0.3, 0.4) is 0 Å². The second kappa shape index (κ2) is 7.23. The Kier molecular flexibility index (Phi) is 4.78. The van der Waals surface area contributed by atoms with E-state index in [0.717, 1.165) is 43.2 Å². The zero-order valence-electron chi connectivity index (χ0n) is 15.5. The normalized spacial score (nSPS) is 20.6. The molecule has 1 saturated heterocycles. The Balaban J connectivity index is 1.54. The topological polar surface area (TPSA) is 55.7 Å². The van der Waals surface area contributed by atoms with E-state index in [2.05, 4.69) is 16.3 Å². The number of benzene rings is 1. The lowest BCUT2D eigenvalue weighted by atomic mass is 9.83. The molecule has 2 aromatic rings. The molecule has 1 N–H and O–H groups in total. The fraction of sp³-hybridized carbons (Fsp3) is 0.400. The fourth-order valence-corrected chi connectivity index (χ4v) is 4.43. The van der Waals surface area contributed by atoms with Crippen LogP contribution < -0.4 is 20.3 Å². The first kappa shape index (κ1) is 17.9. The van der Waals surface area contributed by atoms with E-state index in [1.807, 2.05) is 28.8 Å². The van der Waals surface area contributed by atoms with Crippen LogP contribution >= 0.6 is 12.2 Å². The van der Waals surface area contributed by atoms with E-state index in [1.165, 1.54) is 0 Å². The van der Waals surface area contributed by atoms with Gasteiger partial charge in [-0.25, -0.2) is 0 Å². The maximum absolute atomic E-state index is 12.2. The van der Waals surface area contributed by atoms with Crippen molar-refractivity contribution in [2.24, 2.45) is 5.92 Å². The summed E-state index contributed by atoms with van der Waals surface area (Å²) in [4.78, 5) is 14.4. The number of nitrogens with zero attached hydrogens (tertiary/aromatic N) is 2. The molecule has 27 heavy (non-hydrogen) atoms. The number of anilines is 1. The summed E-state index contributed by atoms with van der Waals surface area (Å²) >= 11 is 5.70. The van der Waals surface area contributed by atoms with Crippen LogP contribution in [0.4, 0.5) is 5.69 Å². The molecule has 1 fully saturated rings. The third-order valence-corrected chi connectivity index (χ3v) is 5.78. The quantitative estimate of drug-likeness (QED) is 0.820. The minimum atomic E-state index is 0.0949. The number of likely N-dealkylation sites (tertiary alicyclic amines) is 1. The summed E-state index contributed by atoms with van der Waals surface area (Å²) in [6, 6.07) is 11.2. The van der Waals surface area contributed by atoms with E-state index in [1.54, 1.807) is 20.3 Å². The maximum Gasteiger partial charge on any atom is 0.250 e. The molecule has 142 valence electrons. The van der Waals surface area contributed by atoms with Crippen molar-refractivity contribution in [3.63, 3.8) is 0 Å². The summed E-state index contributed by atoms with van der Waals surface area (Å²) in [7, 11) is 3.27. The van der Waals surface area contributed by atoms with Gasteiger partial charge < -0.3 is 24.3 Å². The van der Waals surface area contributed by atoms with Gasteiger partial charge in [-0.3, -0.25) is 4.79 Å². The van der Waals surface area contributed by atoms with Gasteiger partial charge in [-0.05, 0) is 42.8 Å². The van der Waals surface area contributed by atoms with Crippen molar-refractivity contribution >= 4 is 23.0 Å². The zero-order chi connectivity index (χ0) is 19.0. The number of nitrogens with one attached hydrogen (secondary N) is 1. The largest absolute Gasteiger partial charge is 0.497 e. The van der Waals surface area contributed by atoms with Gasteiger partial charge in [0.05, 0.1) is 19.9 Å². The molecule has 7 heteroatoms. The van der Waals surface area contributed by atoms with Crippen LogP contribution in [0.2, 0.25) is 0 Å². The minimum absolute atomic E-state index is 0.0949. The van der Waals surface area contributed by atoms with Crippen molar-refractivity contribution in [3.05, 3.63) is 52.4 Å². The highest BCUT2D eigenvalue weighted by Gasteiger charge is 2.35. The molecule has 0 spiro atoms. The molecule has 0 unspecified atom stereocenters. The number of pyridine rings is 1. The Morgan fingerprint density at radius 2 is 2.00 bits per heavy atom. The van der Waals surface area contributed by atoms with Gasteiger partial charge in [-0.15, -0.1) is 0 Å². The molecule has 6 nitrogen and oxygen atoms in total. The first-order chi connectivity index (χ1) is 13.1. The predicted octanol–water partition coefficient (Wildman–Crippen LogP) is 2.68. The number of hydrogen-bond donors (Lipinski definition) is 1. The number of rotatable bonds is 3. The SMILES string of the molecule is COc1ccc(OC)c(NC(=S)N2C[C@H]3C[C@H](C2)c2cccc(=O)n2C3)c1. The van der Waals surface area contributed by atoms with Crippen LogP contribution in [0.5, 0.6) is 11.5 Å². The minimum Gasteiger partial charge on any atom is -0.497 e. The molecule has 1 aromatic heterocycles. The molecule has 2 aliphatic rings. The summed E-state index contributed by atoms with van der Waals surface area (Å²) in [5.74, 6) is 2.19. The monoisotopic (exact) mass is 385 g/mol. The Bertz CT molecular complexity index is 927. The van der Waals surface area contributed by atoms with Crippen LogP contribution in [0, 0.1) is 5.92 Å². The van der Waals surface area contributed by atoms with Crippen LogP contribution in [-0.4, -0.2) is 41.9 Å². The highest BCUT2D eigenvalue weighted by atomic mass is 32.1. The van der Waals surface area contributed by atoms with Crippen molar-refractivity contribution in [2.75, 3.05) is 32.6 Å². The molecular weight excluding hydrogens is 362 g/mol. The summed E-state index contributed by atoms with van der Waals surface area (Å²) in [6.07, 6.45) is 1.10. The van der Waals surface area contributed by atoms with Crippen LogP contribution in [0.25, 0.3) is 0 Å². The van der Waals surface area contributed by atoms with Gasteiger partial charge in [0, 0.05) is 43.4 Å². The number of ether oxygens (including phenoxy) is 2. The number of thiocarbonyl (C=S) groups is 1. The van der Waals surface area contributed by atoms with E-state index < -0.39 is 0 Å². The van der Waals surface area contributed by atoms with E-state index in [-0.39, 0.29) is 5.56 Å². The summed E-state index contributed by atoms with van der Waals surface area (Å²) in [6.45, 7) is 2.40. The number of piperidine rings is 1. The number of methoxy groups -OCH3 is 2. The molecule has 0 saturated carbocycles. The lowest BCUT2D eigenvalue weighted by Gasteiger charge is -2.43. The van der Waals surface area contributed by atoms with Gasteiger partial charge in [0.2, 0.25) is 0 Å². The lowest BCUT2D eigenvalue weighted by molar-refractivity contribution is 0.180. The Hall–Kier alpha value is -2.54. The smallest absolute Gasteiger partial charge is 0.250 e. The number of fused-ring (bicyclic) bond motifs is 4. The molecule has 2 bridgehead atoms. The van der Waals surface area contributed by atoms with Crippen LogP contribution in [-0.2, 0) is 6.54 Å². The lowest BCUT2D eigenvalue weighted by Crippen LogP contribution is -2.50. The van der Waals surface area contributed by atoms with Gasteiger partial charge in [0.15, 0.2) is 5.11 Å². The molecular formula is C20H23N3O3S. The van der Waals surface area contributed by atoms with Gasteiger partial charge in [-0.1, -0.05) is 6.07 Å². The van der Waals surface area contributed by atoms with Crippen molar-refractivity contribution in [1.82, 2.24) is 9.47 Å². The number of aromatic nitrogens is 1. The molecule has 0 amide bonds. The third kappa shape index (κ3) is 3.39. The molecule has 0 radical (unpaired) electrons. The first-order valence-corrected chi connectivity index (χ1v) is 9.47. The second-order valence-corrected chi connectivity index (χ2v) is 7.49. The van der Waals surface area contributed by atoms with E-state index in [0.29, 0.717) is 22.7 Å². The van der Waals surface area contributed by atoms with E-state index >= 15 is 0 Å². The van der Waals surface area contributed by atoms with Crippen molar-refractivity contribution in [3.8, 4) is 11.5 Å². The molecule has 1 aromatic carbocycles. The molecule has 3 heterocycles.